The zero-order valence-electron chi connectivity index (χ0n) is 11.5. The lowest BCUT2D eigenvalue weighted by molar-refractivity contribution is -0.121. The van der Waals surface area contributed by atoms with Gasteiger partial charge in [0.15, 0.2) is 0 Å². The molecule has 0 radical (unpaired) electrons. The fourth-order valence-corrected chi connectivity index (χ4v) is 3.17. The lowest BCUT2D eigenvalue weighted by Crippen LogP contribution is -2.38. The monoisotopic (exact) mass is 366 g/mol. The van der Waals surface area contributed by atoms with Crippen LogP contribution in [-0.4, -0.2) is 30.3 Å². The number of nitrogens with one attached hydrogen (secondary N) is 1. The fraction of sp³-hybridized carbons (Fsp3) is 0.200. The van der Waals surface area contributed by atoms with Crippen molar-refractivity contribution in [3.8, 4) is 0 Å². The van der Waals surface area contributed by atoms with Crippen LogP contribution in [0.4, 0.5) is 0 Å². The molecule has 1 heterocycles. The van der Waals surface area contributed by atoms with Crippen molar-refractivity contribution in [2.45, 2.75) is 6.54 Å². The molecule has 21 heavy (non-hydrogen) atoms. The molecular weight excluding hydrogens is 352 g/mol. The minimum atomic E-state index is -0.175. The van der Waals surface area contributed by atoms with E-state index in [2.05, 4.69) is 21.2 Å². The second kappa shape index (κ2) is 7.38. The largest absolute Gasteiger partial charge is 0.350 e. The number of hydrogen-bond donors (Lipinski definition) is 1. The summed E-state index contributed by atoms with van der Waals surface area (Å²) in [5.41, 5.74) is 0.579. The Labute approximate surface area is 135 Å². The number of carbonyl (C=O) groups excluding carboxylic acids is 2. The number of amides is 2. The van der Waals surface area contributed by atoms with E-state index in [-0.39, 0.29) is 18.4 Å². The van der Waals surface area contributed by atoms with E-state index in [0.29, 0.717) is 12.1 Å². The van der Waals surface area contributed by atoms with Gasteiger partial charge in [0.25, 0.3) is 5.91 Å². The van der Waals surface area contributed by atoms with Gasteiger partial charge in [0, 0.05) is 27.3 Å². The molecule has 0 fully saturated rings. The van der Waals surface area contributed by atoms with E-state index in [1.54, 1.807) is 42.6 Å². The number of hydrogen-bond acceptors (Lipinski definition) is 3. The minimum Gasteiger partial charge on any atom is -0.350 e. The summed E-state index contributed by atoms with van der Waals surface area (Å²) in [6.07, 6.45) is 0. The highest BCUT2D eigenvalue weighted by Gasteiger charge is 2.14. The van der Waals surface area contributed by atoms with E-state index < -0.39 is 0 Å². The molecule has 0 aliphatic carbocycles. The van der Waals surface area contributed by atoms with Gasteiger partial charge in [0.2, 0.25) is 5.91 Å². The SMILES string of the molecule is CN(CC(=O)NCc1cc(Br)cs1)C(=O)c1ccccc1. The van der Waals surface area contributed by atoms with E-state index >= 15 is 0 Å². The van der Waals surface area contributed by atoms with Gasteiger partial charge < -0.3 is 10.2 Å². The lowest BCUT2D eigenvalue weighted by Gasteiger charge is -2.16. The van der Waals surface area contributed by atoms with Crippen molar-refractivity contribution < 1.29 is 9.59 Å². The summed E-state index contributed by atoms with van der Waals surface area (Å²) in [4.78, 5) is 26.4. The molecule has 0 spiro atoms. The molecule has 0 aliphatic heterocycles. The maximum absolute atomic E-state index is 12.1. The topological polar surface area (TPSA) is 49.4 Å². The second-order valence-electron chi connectivity index (χ2n) is 4.54. The number of halogens is 1. The molecule has 0 unspecified atom stereocenters. The summed E-state index contributed by atoms with van der Waals surface area (Å²) in [5, 5.41) is 4.77. The molecular formula is C15H15BrN2O2S. The number of carbonyl (C=O) groups is 2. The third-order valence-corrected chi connectivity index (χ3v) is 4.53. The molecule has 2 amide bonds. The zero-order chi connectivity index (χ0) is 15.2. The molecule has 2 rings (SSSR count). The molecule has 110 valence electrons. The first-order valence-electron chi connectivity index (χ1n) is 6.36. The summed E-state index contributed by atoms with van der Waals surface area (Å²) in [7, 11) is 1.62. The van der Waals surface area contributed by atoms with E-state index in [9.17, 15) is 9.59 Å². The Hall–Kier alpha value is -1.66. The Kier molecular flexibility index (Phi) is 5.52. The van der Waals surface area contributed by atoms with E-state index in [0.717, 1.165) is 9.35 Å². The van der Waals surface area contributed by atoms with Crippen molar-refractivity contribution in [3.63, 3.8) is 0 Å². The first kappa shape index (κ1) is 15.7. The molecule has 0 bridgehead atoms. The van der Waals surface area contributed by atoms with Crippen molar-refractivity contribution >= 4 is 39.1 Å². The highest BCUT2D eigenvalue weighted by molar-refractivity contribution is 9.10. The van der Waals surface area contributed by atoms with Crippen LogP contribution in [0.25, 0.3) is 0 Å². The number of nitrogens with zero attached hydrogens (tertiary/aromatic N) is 1. The van der Waals surface area contributed by atoms with Crippen molar-refractivity contribution in [3.05, 3.63) is 56.7 Å². The summed E-state index contributed by atoms with van der Waals surface area (Å²) in [5.74, 6) is -0.337. The molecule has 1 aromatic carbocycles. The van der Waals surface area contributed by atoms with Gasteiger partial charge in [-0.3, -0.25) is 9.59 Å². The average Bonchev–Trinajstić information content (AvgIpc) is 2.91. The van der Waals surface area contributed by atoms with E-state index in [1.165, 1.54) is 4.90 Å². The third kappa shape index (κ3) is 4.68. The molecule has 4 nitrogen and oxygen atoms in total. The summed E-state index contributed by atoms with van der Waals surface area (Å²) < 4.78 is 1.01. The van der Waals surface area contributed by atoms with Crippen LogP contribution >= 0.6 is 27.3 Å². The standard InChI is InChI=1S/C15H15BrN2O2S/c1-18(15(20)11-5-3-2-4-6-11)9-14(19)17-8-13-7-12(16)10-21-13/h2-7,10H,8-9H2,1H3,(H,17,19). The van der Waals surface area contributed by atoms with Crippen LogP contribution in [0, 0.1) is 0 Å². The van der Waals surface area contributed by atoms with Crippen LogP contribution in [0.2, 0.25) is 0 Å². The maximum Gasteiger partial charge on any atom is 0.254 e. The molecule has 0 atom stereocenters. The Morgan fingerprint density at radius 1 is 1.29 bits per heavy atom. The zero-order valence-corrected chi connectivity index (χ0v) is 13.9. The van der Waals surface area contributed by atoms with Gasteiger partial charge in [0.05, 0.1) is 13.1 Å². The smallest absolute Gasteiger partial charge is 0.254 e. The van der Waals surface area contributed by atoms with Crippen LogP contribution in [0.15, 0.2) is 46.3 Å². The van der Waals surface area contributed by atoms with Crippen LogP contribution < -0.4 is 5.32 Å². The van der Waals surface area contributed by atoms with E-state index in [1.807, 2.05) is 17.5 Å². The van der Waals surface area contributed by atoms with Gasteiger partial charge in [-0.2, -0.15) is 0 Å². The number of likely N-dealkylation sites (N-methyl/N-ethyl adjacent to an activating group) is 1. The molecule has 1 aromatic heterocycles. The first-order chi connectivity index (χ1) is 10.1. The summed E-state index contributed by atoms with van der Waals surface area (Å²) in [6.45, 7) is 0.517. The Morgan fingerprint density at radius 3 is 2.62 bits per heavy atom. The van der Waals surface area contributed by atoms with Gasteiger partial charge in [0.1, 0.15) is 0 Å². The normalized spacial score (nSPS) is 10.2. The predicted octanol–water partition coefficient (Wildman–Crippen LogP) is 2.90. The van der Waals surface area contributed by atoms with E-state index in [4.69, 9.17) is 0 Å². The molecule has 6 heteroatoms. The summed E-state index contributed by atoms with van der Waals surface area (Å²) >= 11 is 4.94. The first-order valence-corrected chi connectivity index (χ1v) is 8.03. The Balaban J connectivity index is 1.83. The van der Waals surface area contributed by atoms with Crippen LogP contribution in [-0.2, 0) is 11.3 Å². The van der Waals surface area contributed by atoms with Crippen LogP contribution in [0.5, 0.6) is 0 Å². The van der Waals surface area contributed by atoms with Crippen LogP contribution in [0.1, 0.15) is 15.2 Å². The predicted molar refractivity (Wildman–Crippen MR) is 87.3 cm³/mol. The molecule has 0 saturated heterocycles. The molecule has 2 aromatic rings. The summed E-state index contributed by atoms with van der Waals surface area (Å²) in [6, 6.07) is 10.9. The Bertz CT molecular complexity index is 628. The highest BCUT2D eigenvalue weighted by atomic mass is 79.9. The molecule has 1 N–H and O–H groups in total. The minimum absolute atomic E-state index is 0.0419. The number of thiophene rings is 1. The molecule has 0 aliphatic rings. The lowest BCUT2D eigenvalue weighted by atomic mass is 10.2. The number of rotatable bonds is 5. The fourth-order valence-electron chi connectivity index (χ4n) is 1.78. The van der Waals surface area contributed by atoms with Crippen molar-refractivity contribution in [1.82, 2.24) is 10.2 Å². The Morgan fingerprint density at radius 2 is 2.00 bits per heavy atom. The van der Waals surface area contributed by atoms with Crippen molar-refractivity contribution in [2.24, 2.45) is 0 Å². The van der Waals surface area contributed by atoms with Crippen molar-refractivity contribution in [1.29, 1.82) is 0 Å². The quantitative estimate of drug-likeness (QED) is 0.884. The maximum atomic E-state index is 12.1. The second-order valence-corrected chi connectivity index (χ2v) is 6.45. The van der Waals surface area contributed by atoms with Crippen molar-refractivity contribution in [2.75, 3.05) is 13.6 Å². The van der Waals surface area contributed by atoms with Gasteiger partial charge in [-0.25, -0.2) is 0 Å². The highest BCUT2D eigenvalue weighted by Crippen LogP contribution is 2.19. The third-order valence-electron chi connectivity index (χ3n) is 2.83. The molecule has 0 saturated carbocycles. The van der Waals surface area contributed by atoms with Gasteiger partial charge in [-0.1, -0.05) is 18.2 Å². The van der Waals surface area contributed by atoms with Gasteiger partial charge >= 0.3 is 0 Å². The van der Waals surface area contributed by atoms with Crippen LogP contribution in [0.3, 0.4) is 0 Å². The van der Waals surface area contributed by atoms with Gasteiger partial charge in [-0.05, 0) is 34.1 Å². The number of benzene rings is 1. The average molecular weight is 367 g/mol. The van der Waals surface area contributed by atoms with Gasteiger partial charge in [-0.15, -0.1) is 11.3 Å².